The highest BCUT2D eigenvalue weighted by molar-refractivity contribution is 6.43. The summed E-state index contributed by atoms with van der Waals surface area (Å²) in [7, 11) is 0. The number of halogens is 2. The van der Waals surface area contributed by atoms with Crippen molar-refractivity contribution in [1.82, 2.24) is 0 Å². The molecule has 26 heavy (non-hydrogen) atoms. The maximum absolute atomic E-state index is 12.4. The molecule has 0 aliphatic rings. The van der Waals surface area contributed by atoms with Crippen molar-refractivity contribution in [2.75, 3.05) is 5.32 Å². The minimum atomic E-state index is -0.610. The fourth-order valence-corrected chi connectivity index (χ4v) is 2.77. The van der Waals surface area contributed by atoms with Gasteiger partial charge in [0.05, 0.1) is 15.0 Å². The van der Waals surface area contributed by atoms with Crippen molar-refractivity contribution in [2.45, 2.75) is 6.92 Å². The van der Waals surface area contributed by atoms with Gasteiger partial charge in [0.2, 0.25) is 0 Å². The van der Waals surface area contributed by atoms with Gasteiger partial charge in [0.1, 0.15) is 11.4 Å². The van der Waals surface area contributed by atoms with Crippen LogP contribution in [0.15, 0.2) is 52.9 Å². The van der Waals surface area contributed by atoms with Gasteiger partial charge in [0.25, 0.3) is 11.6 Å². The van der Waals surface area contributed by atoms with Crippen LogP contribution in [0.2, 0.25) is 10.0 Å². The van der Waals surface area contributed by atoms with E-state index < -0.39 is 10.8 Å². The highest BCUT2D eigenvalue weighted by Crippen LogP contribution is 2.34. The van der Waals surface area contributed by atoms with Gasteiger partial charge in [0, 0.05) is 11.6 Å². The topological polar surface area (TPSA) is 85.4 Å². The molecule has 0 saturated carbocycles. The van der Waals surface area contributed by atoms with Gasteiger partial charge < -0.3 is 9.73 Å². The molecule has 0 bridgehead atoms. The van der Waals surface area contributed by atoms with Crippen molar-refractivity contribution >= 4 is 40.5 Å². The van der Waals surface area contributed by atoms with E-state index in [0.717, 1.165) is 0 Å². The number of hydrogen-bond donors (Lipinski definition) is 1. The highest BCUT2D eigenvalue weighted by Gasteiger charge is 2.19. The van der Waals surface area contributed by atoms with Gasteiger partial charge in [0.15, 0.2) is 5.76 Å². The third-order valence-corrected chi connectivity index (χ3v) is 4.46. The van der Waals surface area contributed by atoms with Gasteiger partial charge in [-0.05, 0) is 42.8 Å². The molecule has 0 aliphatic heterocycles. The number of nitro benzene ring substituents is 1. The van der Waals surface area contributed by atoms with Gasteiger partial charge in [-0.3, -0.25) is 14.9 Å². The molecule has 0 unspecified atom stereocenters. The molecule has 3 rings (SSSR count). The second-order valence-electron chi connectivity index (χ2n) is 5.50. The first-order valence-corrected chi connectivity index (χ1v) is 8.23. The van der Waals surface area contributed by atoms with Crippen LogP contribution in [0.3, 0.4) is 0 Å². The standard InChI is InChI=1S/C18H12Cl2N2O4/c1-10-5-6-13(14(9-10)22(24)25)21-18(23)16-8-7-15(26-16)11-3-2-4-12(19)17(11)20/h2-9H,1H3,(H,21,23). The second kappa shape index (κ2) is 7.19. The molecule has 8 heteroatoms. The summed E-state index contributed by atoms with van der Waals surface area (Å²) in [5.41, 5.74) is 1.15. The van der Waals surface area contributed by atoms with Crippen LogP contribution in [-0.2, 0) is 0 Å². The largest absolute Gasteiger partial charge is 0.451 e. The zero-order valence-electron chi connectivity index (χ0n) is 13.5. The van der Waals surface area contributed by atoms with E-state index in [9.17, 15) is 14.9 Å². The Morgan fingerprint density at radius 3 is 2.65 bits per heavy atom. The van der Waals surface area contributed by atoms with Crippen molar-refractivity contribution in [3.05, 3.63) is 80.0 Å². The minimum absolute atomic E-state index is 0.00841. The maximum Gasteiger partial charge on any atom is 0.293 e. The monoisotopic (exact) mass is 390 g/mol. The van der Waals surface area contributed by atoms with Crippen LogP contribution in [0.1, 0.15) is 16.1 Å². The molecule has 1 amide bonds. The molecule has 0 saturated heterocycles. The fraction of sp³-hybridized carbons (Fsp3) is 0.0556. The van der Waals surface area contributed by atoms with E-state index in [4.69, 9.17) is 27.6 Å². The summed E-state index contributed by atoms with van der Waals surface area (Å²) < 4.78 is 5.54. The van der Waals surface area contributed by atoms with E-state index in [0.29, 0.717) is 26.9 Å². The van der Waals surface area contributed by atoms with E-state index in [-0.39, 0.29) is 17.1 Å². The van der Waals surface area contributed by atoms with E-state index in [1.807, 2.05) is 0 Å². The third kappa shape index (κ3) is 3.56. The van der Waals surface area contributed by atoms with E-state index >= 15 is 0 Å². The molecule has 0 spiro atoms. The van der Waals surface area contributed by atoms with E-state index in [1.54, 1.807) is 37.3 Å². The van der Waals surface area contributed by atoms with Crippen molar-refractivity contribution < 1.29 is 14.1 Å². The number of nitrogens with one attached hydrogen (secondary N) is 1. The minimum Gasteiger partial charge on any atom is -0.451 e. The van der Waals surface area contributed by atoms with E-state index in [1.165, 1.54) is 18.2 Å². The summed E-state index contributed by atoms with van der Waals surface area (Å²) in [5, 5.41) is 14.3. The van der Waals surface area contributed by atoms with Crippen molar-refractivity contribution in [1.29, 1.82) is 0 Å². The van der Waals surface area contributed by atoms with Crippen LogP contribution in [0.25, 0.3) is 11.3 Å². The Kier molecular flexibility index (Phi) is 4.97. The molecule has 1 N–H and O–H groups in total. The number of furan rings is 1. The molecule has 3 aromatic rings. The lowest BCUT2D eigenvalue weighted by Gasteiger charge is -2.05. The van der Waals surface area contributed by atoms with E-state index in [2.05, 4.69) is 5.32 Å². The van der Waals surface area contributed by atoms with Crippen molar-refractivity contribution in [3.63, 3.8) is 0 Å². The summed E-state index contributed by atoms with van der Waals surface area (Å²) in [4.78, 5) is 23.0. The zero-order valence-corrected chi connectivity index (χ0v) is 15.0. The van der Waals surface area contributed by atoms with Gasteiger partial charge in [-0.2, -0.15) is 0 Å². The quantitative estimate of drug-likeness (QED) is 0.455. The highest BCUT2D eigenvalue weighted by atomic mass is 35.5. The average molecular weight is 391 g/mol. The molecule has 0 aliphatic carbocycles. The molecular formula is C18H12Cl2N2O4. The first-order chi connectivity index (χ1) is 12.4. The third-order valence-electron chi connectivity index (χ3n) is 3.64. The number of nitro groups is 1. The van der Waals surface area contributed by atoms with Crippen LogP contribution in [0.5, 0.6) is 0 Å². The number of benzene rings is 2. The smallest absolute Gasteiger partial charge is 0.293 e. The van der Waals surface area contributed by atoms with Crippen LogP contribution in [0.4, 0.5) is 11.4 Å². The van der Waals surface area contributed by atoms with Crippen LogP contribution in [0, 0.1) is 17.0 Å². The number of carbonyl (C=O) groups is 1. The number of anilines is 1. The van der Waals surface area contributed by atoms with Gasteiger partial charge >= 0.3 is 0 Å². The van der Waals surface area contributed by atoms with Gasteiger partial charge in [-0.15, -0.1) is 0 Å². The molecule has 6 nitrogen and oxygen atoms in total. The first-order valence-electron chi connectivity index (χ1n) is 7.47. The lowest BCUT2D eigenvalue weighted by molar-refractivity contribution is -0.384. The lowest BCUT2D eigenvalue weighted by Crippen LogP contribution is -2.12. The molecule has 0 fully saturated rings. The molecule has 0 radical (unpaired) electrons. The number of hydrogen-bond acceptors (Lipinski definition) is 4. The van der Waals surface area contributed by atoms with Gasteiger partial charge in [-0.1, -0.05) is 35.3 Å². The Morgan fingerprint density at radius 2 is 1.92 bits per heavy atom. The summed E-state index contributed by atoms with van der Waals surface area (Å²) in [6.07, 6.45) is 0. The molecule has 1 aromatic heterocycles. The summed E-state index contributed by atoms with van der Waals surface area (Å²) in [6.45, 7) is 1.73. The summed E-state index contributed by atoms with van der Waals surface area (Å²) in [6, 6.07) is 12.6. The number of nitrogens with zero attached hydrogens (tertiary/aromatic N) is 1. The van der Waals surface area contributed by atoms with Crippen LogP contribution < -0.4 is 5.32 Å². The Bertz CT molecular complexity index is 1010. The second-order valence-corrected chi connectivity index (χ2v) is 6.28. The molecule has 132 valence electrons. The summed E-state index contributed by atoms with van der Waals surface area (Å²) in [5.74, 6) is -0.256. The number of aryl methyl sites for hydroxylation is 1. The Balaban J connectivity index is 1.88. The molecular weight excluding hydrogens is 379 g/mol. The Morgan fingerprint density at radius 1 is 1.15 bits per heavy atom. The Hall–Kier alpha value is -2.83. The first kappa shape index (κ1) is 18.0. The van der Waals surface area contributed by atoms with Crippen LogP contribution >= 0.6 is 23.2 Å². The zero-order chi connectivity index (χ0) is 18.8. The molecule has 1 heterocycles. The van der Waals surface area contributed by atoms with Crippen LogP contribution in [-0.4, -0.2) is 10.8 Å². The van der Waals surface area contributed by atoms with Crippen molar-refractivity contribution in [3.8, 4) is 11.3 Å². The van der Waals surface area contributed by atoms with Crippen molar-refractivity contribution in [2.24, 2.45) is 0 Å². The number of rotatable bonds is 4. The predicted octanol–water partition coefficient (Wildman–Crippen LogP) is 5.72. The molecule has 2 aromatic carbocycles. The number of carbonyl (C=O) groups excluding carboxylic acids is 1. The lowest BCUT2D eigenvalue weighted by atomic mass is 10.2. The predicted molar refractivity (Wildman–Crippen MR) is 100.0 cm³/mol. The summed E-state index contributed by atoms with van der Waals surface area (Å²) >= 11 is 12.1. The van der Waals surface area contributed by atoms with Gasteiger partial charge in [-0.25, -0.2) is 0 Å². The SMILES string of the molecule is Cc1ccc(NC(=O)c2ccc(-c3cccc(Cl)c3Cl)o2)c([N+](=O)[O-])c1. The molecule has 0 atom stereocenters. The fourth-order valence-electron chi connectivity index (χ4n) is 2.38. The normalized spacial score (nSPS) is 10.6. The average Bonchev–Trinajstić information content (AvgIpc) is 3.08. The number of amides is 1. The maximum atomic E-state index is 12.4. The Labute approximate surface area is 158 Å².